The third-order valence-electron chi connectivity index (χ3n) is 4.25. The van der Waals surface area contributed by atoms with Crippen molar-refractivity contribution < 1.29 is 38.9 Å². The monoisotopic (exact) mass is 465 g/mol. The number of esters is 2. The maximum absolute atomic E-state index is 12.5. The molecule has 0 bridgehead atoms. The van der Waals surface area contributed by atoms with Crippen molar-refractivity contribution in [3.05, 3.63) is 69.5 Å². The highest BCUT2D eigenvalue weighted by Crippen LogP contribution is 2.41. The topological polar surface area (TPSA) is 139 Å². The van der Waals surface area contributed by atoms with Gasteiger partial charge in [0.2, 0.25) is 0 Å². The van der Waals surface area contributed by atoms with Crippen molar-refractivity contribution in [2.24, 2.45) is 0 Å². The van der Waals surface area contributed by atoms with Gasteiger partial charge in [0.15, 0.2) is 0 Å². The van der Waals surface area contributed by atoms with E-state index >= 15 is 0 Å². The number of rotatable bonds is 6. The van der Waals surface area contributed by atoms with Gasteiger partial charge in [0.1, 0.15) is 0 Å². The number of methoxy groups -OCH3 is 1. The molecule has 2 rings (SSSR count). The van der Waals surface area contributed by atoms with Crippen molar-refractivity contribution in [1.82, 2.24) is 5.32 Å². The Morgan fingerprint density at radius 1 is 1.00 bits per heavy atom. The van der Waals surface area contributed by atoms with Crippen molar-refractivity contribution in [1.29, 1.82) is 0 Å². The molecule has 0 saturated carbocycles. The van der Waals surface area contributed by atoms with E-state index in [9.17, 15) is 19.2 Å². The second-order valence-electron chi connectivity index (χ2n) is 6.38. The first-order chi connectivity index (χ1) is 15.0. The number of aliphatic carboxylic acids is 2. The van der Waals surface area contributed by atoms with Crippen LogP contribution in [0, 0.1) is 0 Å². The lowest BCUT2D eigenvalue weighted by atomic mass is 9.80. The molecule has 1 aliphatic rings. The highest BCUT2D eigenvalue weighted by atomic mass is 35.5. The minimum atomic E-state index is -1.26. The lowest BCUT2D eigenvalue weighted by Gasteiger charge is -2.30. The van der Waals surface area contributed by atoms with E-state index in [1.807, 2.05) is 6.07 Å². The molecule has 0 fully saturated rings. The second kappa shape index (κ2) is 12.3. The first-order valence-corrected chi connectivity index (χ1v) is 9.75. The van der Waals surface area contributed by atoms with Crippen LogP contribution in [0.4, 0.5) is 0 Å². The predicted octanol–water partition coefficient (Wildman–Crippen LogP) is 3.02. The highest BCUT2D eigenvalue weighted by molar-refractivity contribution is 6.31. The first-order valence-electron chi connectivity index (χ1n) is 9.37. The molecule has 0 spiro atoms. The Balaban J connectivity index is 0.000000547. The van der Waals surface area contributed by atoms with Crippen LogP contribution < -0.4 is 5.32 Å². The van der Waals surface area contributed by atoms with Crippen LogP contribution in [0.15, 0.2) is 59.0 Å². The van der Waals surface area contributed by atoms with Crippen LogP contribution in [0.3, 0.4) is 0 Å². The Kier molecular flexibility index (Phi) is 10.2. The molecule has 0 saturated heterocycles. The molecule has 1 aliphatic heterocycles. The van der Waals surface area contributed by atoms with E-state index in [-0.39, 0.29) is 6.61 Å². The molecule has 0 aliphatic carbocycles. The van der Waals surface area contributed by atoms with Gasteiger partial charge in [-0.25, -0.2) is 19.2 Å². The van der Waals surface area contributed by atoms with Gasteiger partial charge in [-0.2, -0.15) is 0 Å². The SMILES string of the molecule is CCOC(=O)C1=C(C)NC(C)=C(C(=O)OC)C1c1ccccc1Cl.O=C(O)/C=C\C(=O)O. The minimum absolute atomic E-state index is 0.237. The van der Waals surface area contributed by atoms with Crippen LogP contribution in [0.25, 0.3) is 0 Å². The largest absolute Gasteiger partial charge is 0.478 e. The van der Waals surface area contributed by atoms with Crippen LogP contribution in [0.2, 0.25) is 5.02 Å². The maximum atomic E-state index is 12.5. The number of ether oxygens (including phenoxy) is 2. The van der Waals surface area contributed by atoms with Gasteiger partial charge in [0.25, 0.3) is 0 Å². The zero-order valence-corrected chi connectivity index (χ0v) is 18.7. The number of hydrogen-bond donors (Lipinski definition) is 3. The Morgan fingerprint density at radius 3 is 1.94 bits per heavy atom. The number of carbonyl (C=O) groups is 4. The van der Waals surface area contributed by atoms with E-state index < -0.39 is 29.8 Å². The fourth-order valence-corrected chi connectivity index (χ4v) is 3.26. The third kappa shape index (κ3) is 6.98. The van der Waals surface area contributed by atoms with E-state index in [4.69, 9.17) is 31.3 Å². The van der Waals surface area contributed by atoms with E-state index in [0.29, 0.717) is 45.3 Å². The Morgan fingerprint density at radius 2 is 1.50 bits per heavy atom. The van der Waals surface area contributed by atoms with Gasteiger partial charge >= 0.3 is 23.9 Å². The smallest absolute Gasteiger partial charge is 0.336 e. The second-order valence-corrected chi connectivity index (χ2v) is 6.79. The van der Waals surface area contributed by atoms with E-state index in [1.165, 1.54) is 7.11 Å². The number of halogens is 1. The molecule has 1 unspecified atom stereocenters. The number of dihydropyridines is 1. The zero-order valence-electron chi connectivity index (χ0n) is 18.0. The van der Waals surface area contributed by atoms with E-state index in [0.717, 1.165) is 0 Å². The Bertz CT molecular complexity index is 977. The summed E-state index contributed by atoms with van der Waals surface area (Å²) in [5, 5.41) is 19.2. The number of allylic oxidation sites excluding steroid dienone is 2. The molecule has 0 radical (unpaired) electrons. The molecule has 0 aromatic heterocycles. The van der Waals surface area contributed by atoms with Crippen LogP contribution >= 0.6 is 11.6 Å². The summed E-state index contributed by atoms with van der Waals surface area (Å²) in [5.41, 5.74) is 2.61. The molecule has 10 heteroatoms. The van der Waals surface area contributed by atoms with E-state index in [2.05, 4.69) is 5.32 Å². The van der Waals surface area contributed by atoms with Crippen LogP contribution in [0.5, 0.6) is 0 Å². The number of hydrogen-bond acceptors (Lipinski definition) is 7. The summed E-state index contributed by atoms with van der Waals surface area (Å²) in [7, 11) is 1.31. The number of carbonyl (C=O) groups excluding carboxylic acids is 2. The zero-order chi connectivity index (χ0) is 24.4. The molecule has 1 atom stereocenters. The summed E-state index contributed by atoms with van der Waals surface area (Å²) < 4.78 is 10.1. The molecule has 32 heavy (non-hydrogen) atoms. The predicted molar refractivity (Wildman–Crippen MR) is 116 cm³/mol. The fourth-order valence-electron chi connectivity index (χ4n) is 3.02. The van der Waals surface area contributed by atoms with Crippen molar-refractivity contribution in [3.8, 4) is 0 Å². The minimum Gasteiger partial charge on any atom is -0.478 e. The van der Waals surface area contributed by atoms with Gasteiger partial charge in [-0.15, -0.1) is 0 Å². The molecular weight excluding hydrogens is 442 g/mol. The van der Waals surface area contributed by atoms with Crippen LogP contribution in [0.1, 0.15) is 32.3 Å². The summed E-state index contributed by atoms with van der Waals surface area (Å²) in [6.45, 7) is 5.51. The molecule has 1 aromatic carbocycles. The molecule has 0 amide bonds. The lowest BCUT2D eigenvalue weighted by molar-refractivity contribution is -0.139. The maximum Gasteiger partial charge on any atom is 0.336 e. The number of carboxylic acids is 2. The lowest BCUT2D eigenvalue weighted by Crippen LogP contribution is -2.32. The summed E-state index contributed by atoms with van der Waals surface area (Å²) in [6, 6.07) is 7.12. The van der Waals surface area contributed by atoms with Crippen molar-refractivity contribution in [2.45, 2.75) is 26.7 Å². The normalized spacial score (nSPS) is 15.5. The summed E-state index contributed by atoms with van der Waals surface area (Å²) in [6.07, 6.45) is 1.12. The van der Waals surface area contributed by atoms with Gasteiger partial charge in [-0.3, -0.25) is 0 Å². The standard InChI is InChI=1S/C18H20ClNO4.C4H4O4/c1-5-24-18(22)15-11(3)20-10(2)14(17(21)23-4)16(15)12-8-6-7-9-13(12)19;5-3(6)1-2-4(7)8/h6-9,16,20H,5H2,1-4H3;1-2H,(H,5,6)(H,7,8)/b;2-1-. The van der Waals surface area contributed by atoms with Crippen molar-refractivity contribution >= 4 is 35.5 Å². The van der Waals surface area contributed by atoms with Crippen LogP contribution in [-0.2, 0) is 28.7 Å². The van der Waals surface area contributed by atoms with Gasteiger partial charge in [-0.05, 0) is 32.4 Å². The summed E-state index contributed by atoms with van der Waals surface area (Å²) in [4.78, 5) is 44.0. The number of nitrogens with one attached hydrogen (secondary N) is 1. The molecular formula is C22H24ClNO8. The van der Waals surface area contributed by atoms with Crippen molar-refractivity contribution in [3.63, 3.8) is 0 Å². The van der Waals surface area contributed by atoms with Gasteiger partial charge < -0.3 is 25.0 Å². The fraction of sp³-hybridized carbons (Fsp3) is 0.273. The molecule has 172 valence electrons. The number of benzene rings is 1. The quantitative estimate of drug-likeness (QED) is 0.427. The van der Waals surface area contributed by atoms with Gasteiger partial charge in [0.05, 0.1) is 30.8 Å². The van der Waals surface area contributed by atoms with Gasteiger partial charge in [-0.1, -0.05) is 29.8 Å². The molecule has 3 N–H and O–H groups in total. The van der Waals surface area contributed by atoms with Gasteiger partial charge in [0, 0.05) is 28.6 Å². The molecule has 1 heterocycles. The van der Waals surface area contributed by atoms with E-state index in [1.54, 1.807) is 39.0 Å². The highest BCUT2D eigenvalue weighted by Gasteiger charge is 2.38. The Hall–Kier alpha value is -3.59. The average molecular weight is 466 g/mol. The first kappa shape index (κ1) is 26.4. The third-order valence-corrected chi connectivity index (χ3v) is 4.59. The molecule has 9 nitrogen and oxygen atoms in total. The summed E-state index contributed by atoms with van der Waals surface area (Å²) >= 11 is 6.34. The average Bonchev–Trinajstić information content (AvgIpc) is 2.72. The number of carboxylic acid groups (broad SMARTS) is 2. The molecule has 1 aromatic rings. The van der Waals surface area contributed by atoms with Crippen molar-refractivity contribution in [2.75, 3.05) is 13.7 Å². The Labute approximate surface area is 190 Å². The van der Waals surface area contributed by atoms with Crippen LogP contribution in [-0.4, -0.2) is 47.8 Å². The summed E-state index contributed by atoms with van der Waals surface area (Å²) in [5.74, 6) is -4.16.